The van der Waals surface area contributed by atoms with Gasteiger partial charge < -0.3 is 0 Å². The van der Waals surface area contributed by atoms with Gasteiger partial charge in [0.1, 0.15) is 0 Å². The molecular weight excluding hydrogens is 508 g/mol. The first-order valence-electron chi connectivity index (χ1n) is 14.5. The summed E-state index contributed by atoms with van der Waals surface area (Å²) in [7, 11) is 0. The topological polar surface area (TPSA) is 25.8 Å². The Balaban J connectivity index is 1.19. The summed E-state index contributed by atoms with van der Waals surface area (Å²) >= 11 is 0. The van der Waals surface area contributed by atoms with Gasteiger partial charge in [-0.3, -0.25) is 9.97 Å². The van der Waals surface area contributed by atoms with E-state index in [0.29, 0.717) is 0 Å². The van der Waals surface area contributed by atoms with E-state index >= 15 is 0 Å². The highest BCUT2D eigenvalue weighted by Gasteiger charge is 2.16. The van der Waals surface area contributed by atoms with Gasteiger partial charge in [0.2, 0.25) is 0 Å². The second kappa shape index (κ2) is 8.58. The molecule has 0 aliphatic carbocycles. The summed E-state index contributed by atoms with van der Waals surface area (Å²) in [6.07, 6.45) is 0. The fourth-order valence-corrected chi connectivity index (χ4v) is 6.92. The van der Waals surface area contributed by atoms with E-state index in [1.54, 1.807) is 0 Å². The van der Waals surface area contributed by atoms with Crippen molar-refractivity contribution in [3.05, 3.63) is 133 Å². The lowest BCUT2D eigenvalue weighted by Crippen LogP contribution is -1.96. The van der Waals surface area contributed by atoms with Gasteiger partial charge in [0.25, 0.3) is 0 Å². The minimum absolute atomic E-state index is 1.04. The van der Waals surface area contributed by atoms with E-state index in [0.717, 1.165) is 22.4 Å². The van der Waals surface area contributed by atoms with Crippen molar-refractivity contribution in [1.82, 2.24) is 9.97 Å². The predicted molar refractivity (Wildman–Crippen MR) is 179 cm³/mol. The highest BCUT2D eigenvalue weighted by molar-refractivity contribution is 6.22. The summed E-state index contributed by atoms with van der Waals surface area (Å²) in [4.78, 5) is 10.0. The van der Waals surface area contributed by atoms with Crippen LogP contribution in [0.25, 0.3) is 87.1 Å². The van der Waals surface area contributed by atoms with Crippen LogP contribution in [0.4, 0.5) is 0 Å². The van der Waals surface area contributed by atoms with Crippen LogP contribution >= 0.6 is 0 Å². The van der Waals surface area contributed by atoms with Crippen molar-refractivity contribution in [2.45, 2.75) is 13.8 Å². The molecule has 2 heterocycles. The van der Waals surface area contributed by atoms with Crippen LogP contribution in [0, 0.1) is 13.8 Å². The summed E-state index contributed by atoms with van der Waals surface area (Å²) in [5.74, 6) is 0. The Morgan fingerprint density at radius 2 is 1.02 bits per heavy atom. The molecule has 2 nitrogen and oxygen atoms in total. The highest BCUT2D eigenvalue weighted by Crippen LogP contribution is 2.39. The lowest BCUT2D eigenvalue weighted by atomic mass is 9.92. The Kier molecular flexibility index (Phi) is 4.77. The van der Waals surface area contributed by atoms with Gasteiger partial charge in [-0.2, -0.15) is 0 Å². The fraction of sp³-hybridized carbons (Fsp3) is 0.0500. The molecule has 42 heavy (non-hydrogen) atoms. The second-order valence-electron chi connectivity index (χ2n) is 11.5. The normalized spacial score (nSPS) is 12.0. The summed E-state index contributed by atoms with van der Waals surface area (Å²) in [5.41, 5.74) is 9.03. The molecule has 2 heteroatoms. The van der Waals surface area contributed by atoms with Gasteiger partial charge in [-0.15, -0.1) is 0 Å². The molecular formula is C40H26N2. The third-order valence-electron chi connectivity index (χ3n) is 9.00. The van der Waals surface area contributed by atoms with Gasteiger partial charge in [-0.25, -0.2) is 0 Å². The Morgan fingerprint density at radius 1 is 0.381 bits per heavy atom. The average molecular weight is 535 g/mol. The van der Waals surface area contributed by atoms with Crippen molar-refractivity contribution in [2.24, 2.45) is 0 Å². The molecule has 0 bridgehead atoms. The van der Waals surface area contributed by atoms with Crippen LogP contribution in [-0.2, 0) is 0 Å². The molecule has 7 aromatic carbocycles. The quantitative estimate of drug-likeness (QED) is 0.163. The highest BCUT2D eigenvalue weighted by atomic mass is 14.7. The van der Waals surface area contributed by atoms with E-state index in [1.807, 2.05) is 0 Å². The summed E-state index contributed by atoms with van der Waals surface area (Å²) in [5, 5.41) is 12.4. The summed E-state index contributed by atoms with van der Waals surface area (Å²) in [6.45, 7) is 4.21. The zero-order valence-electron chi connectivity index (χ0n) is 23.4. The number of hydrogen-bond donors (Lipinski definition) is 0. The zero-order chi connectivity index (χ0) is 27.9. The zero-order valence-corrected chi connectivity index (χ0v) is 23.4. The lowest BCUT2D eigenvalue weighted by molar-refractivity contribution is 1.26. The van der Waals surface area contributed by atoms with Crippen LogP contribution in [0.3, 0.4) is 0 Å². The maximum atomic E-state index is 5.06. The first-order valence-corrected chi connectivity index (χ1v) is 14.5. The van der Waals surface area contributed by atoms with E-state index in [4.69, 9.17) is 9.97 Å². The van der Waals surface area contributed by atoms with Gasteiger partial charge in [-0.05, 0) is 111 Å². The van der Waals surface area contributed by atoms with Crippen molar-refractivity contribution in [3.63, 3.8) is 0 Å². The van der Waals surface area contributed by atoms with Gasteiger partial charge in [0.05, 0.1) is 11.0 Å². The molecule has 196 valence electrons. The number of pyridine rings is 2. The van der Waals surface area contributed by atoms with Crippen molar-refractivity contribution >= 4 is 64.9 Å². The van der Waals surface area contributed by atoms with Crippen LogP contribution in [0.1, 0.15) is 11.4 Å². The number of aromatic nitrogens is 2. The summed E-state index contributed by atoms with van der Waals surface area (Å²) < 4.78 is 0. The molecule has 0 aliphatic rings. The number of hydrogen-bond acceptors (Lipinski definition) is 2. The first-order chi connectivity index (χ1) is 20.6. The van der Waals surface area contributed by atoms with Crippen LogP contribution in [0.15, 0.2) is 121 Å². The maximum absolute atomic E-state index is 5.06. The molecule has 0 radical (unpaired) electrons. The minimum Gasteiger partial charge on any atom is -0.252 e. The maximum Gasteiger partial charge on any atom is 0.0725 e. The molecule has 0 saturated carbocycles. The van der Waals surface area contributed by atoms with Crippen LogP contribution < -0.4 is 0 Å². The molecule has 0 aliphatic heterocycles. The van der Waals surface area contributed by atoms with E-state index in [1.165, 1.54) is 76.1 Å². The first kappa shape index (κ1) is 23.4. The fourth-order valence-electron chi connectivity index (χ4n) is 6.92. The Hall–Kier alpha value is -5.34. The Morgan fingerprint density at radius 3 is 1.88 bits per heavy atom. The van der Waals surface area contributed by atoms with Gasteiger partial charge in [0.15, 0.2) is 0 Å². The van der Waals surface area contributed by atoms with E-state index in [-0.39, 0.29) is 0 Å². The average Bonchev–Trinajstić information content (AvgIpc) is 3.02. The Labute approximate surface area is 243 Å². The molecule has 0 saturated heterocycles. The van der Waals surface area contributed by atoms with Gasteiger partial charge in [0, 0.05) is 32.9 Å². The van der Waals surface area contributed by atoms with Crippen molar-refractivity contribution in [1.29, 1.82) is 0 Å². The molecule has 0 amide bonds. The van der Waals surface area contributed by atoms with Gasteiger partial charge >= 0.3 is 0 Å². The van der Waals surface area contributed by atoms with Gasteiger partial charge in [-0.1, -0.05) is 78.9 Å². The molecule has 9 aromatic rings. The summed E-state index contributed by atoms with van der Waals surface area (Å²) in [6, 6.07) is 44.4. The van der Waals surface area contributed by atoms with Crippen molar-refractivity contribution in [2.75, 3.05) is 0 Å². The lowest BCUT2D eigenvalue weighted by Gasteiger charge is -2.15. The predicted octanol–water partition coefficient (Wildman–Crippen LogP) is 10.8. The molecule has 0 fully saturated rings. The molecule has 9 rings (SSSR count). The third kappa shape index (κ3) is 3.39. The minimum atomic E-state index is 1.04. The number of nitrogens with zero attached hydrogens (tertiary/aromatic N) is 2. The smallest absolute Gasteiger partial charge is 0.0725 e. The van der Waals surface area contributed by atoms with Crippen molar-refractivity contribution in [3.8, 4) is 22.3 Å². The largest absolute Gasteiger partial charge is 0.252 e. The molecule has 0 N–H and O–H groups in total. The molecule has 0 unspecified atom stereocenters. The standard InChI is InChI=1S/C40H26N2/c1-23-33-10-6-12-37-39(33)40-35(24(2)41-37)21-32(22-38(40)42-23)29-14-13-28-19-31(16-15-27(28)17-29)34-11-5-9-30-18-25-7-3-4-8-26(25)20-36(30)34/h3-22H,1-2H3. The number of benzene rings is 7. The van der Waals surface area contributed by atoms with Crippen LogP contribution in [0.5, 0.6) is 0 Å². The number of rotatable bonds is 2. The van der Waals surface area contributed by atoms with Crippen molar-refractivity contribution < 1.29 is 0 Å². The van der Waals surface area contributed by atoms with E-state index < -0.39 is 0 Å². The molecule has 2 aromatic heterocycles. The van der Waals surface area contributed by atoms with Crippen LogP contribution in [0.2, 0.25) is 0 Å². The number of fused-ring (bicyclic) bond motifs is 3. The second-order valence-corrected chi connectivity index (χ2v) is 11.5. The third-order valence-corrected chi connectivity index (χ3v) is 9.00. The van der Waals surface area contributed by atoms with Crippen LogP contribution in [-0.4, -0.2) is 9.97 Å². The monoisotopic (exact) mass is 534 g/mol. The van der Waals surface area contributed by atoms with E-state index in [2.05, 4.69) is 135 Å². The SMILES string of the molecule is Cc1nc2cc(-c3ccc4cc(-c5cccc6cc7ccccc7cc56)ccc4c3)cc3c(C)nc4cccc1c4c23. The molecule has 0 atom stereocenters. The molecule has 0 spiro atoms. The number of aryl methyl sites for hydroxylation is 2. The van der Waals surface area contributed by atoms with E-state index in [9.17, 15) is 0 Å². The Bertz CT molecular complexity index is 2540.